The van der Waals surface area contributed by atoms with Gasteiger partial charge in [0.1, 0.15) is 0 Å². The fraction of sp³-hybridized carbons (Fsp3) is 0.739. The molecule has 2 fully saturated rings. The van der Waals surface area contributed by atoms with E-state index in [2.05, 4.69) is 13.8 Å². The van der Waals surface area contributed by atoms with Crippen molar-refractivity contribution in [2.45, 2.75) is 77.1 Å². The molecule has 0 saturated carbocycles. The highest BCUT2D eigenvalue weighted by atomic mass is 32.2. The maximum atomic E-state index is 12.2. The van der Waals surface area contributed by atoms with Crippen molar-refractivity contribution in [3.63, 3.8) is 0 Å². The molecule has 2 heterocycles. The average Bonchev–Trinajstić information content (AvgIpc) is 2.79. The van der Waals surface area contributed by atoms with Gasteiger partial charge in [-0.1, -0.05) is 31.5 Å². The van der Waals surface area contributed by atoms with E-state index in [9.17, 15) is 18.5 Å². The molecule has 2 aliphatic heterocycles. The molecule has 11 heteroatoms. The first-order chi connectivity index (χ1) is 15.9. The number of hydrogen-bond donors (Lipinski definition) is 3. The van der Waals surface area contributed by atoms with Crippen LogP contribution in [0.2, 0.25) is 13.6 Å². The Morgan fingerprint density at radius 1 is 0.912 bits per heavy atom. The molecule has 0 bridgehead atoms. The summed E-state index contributed by atoms with van der Waals surface area (Å²) in [6.07, 6.45) is 4.01. The van der Waals surface area contributed by atoms with Gasteiger partial charge in [0.2, 0.25) is 0 Å². The summed E-state index contributed by atoms with van der Waals surface area (Å²) < 4.78 is 29.6. The van der Waals surface area contributed by atoms with Gasteiger partial charge in [-0.05, 0) is 95.4 Å². The molecule has 34 heavy (non-hydrogen) atoms. The Bertz CT molecular complexity index is 840. The highest BCUT2D eigenvalue weighted by molar-refractivity contribution is 7.86. The van der Waals surface area contributed by atoms with Crippen LogP contribution in [0.15, 0.2) is 29.2 Å². The third-order valence-corrected chi connectivity index (χ3v) is 8.34. The van der Waals surface area contributed by atoms with E-state index >= 15 is 0 Å². The van der Waals surface area contributed by atoms with Crippen molar-refractivity contribution in [3.8, 4) is 0 Å². The van der Waals surface area contributed by atoms with Gasteiger partial charge in [-0.3, -0.25) is 4.18 Å². The molecule has 0 aromatic heterocycles. The molecule has 4 unspecified atom stereocenters. The van der Waals surface area contributed by atoms with Crippen molar-refractivity contribution in [1.29, 1.82) is 0 Å². The zero-order valence-electron chi connectivity index (χ0n) is 21.3. The SMILES string of the molecule is CB(O)N1CC(CO)CCC1C.CB(O)N1CC(COS(=O)(=O)c2ccc(C)cc2)CCC1C. The third-order valence-electron chi connectivity index (χ3n) is 7.04. The summed E-state index contributed by atoms with van der Waals surface area (Å²) in [4.78, 5) is 4.22. The number of benzene rings is 1. The molecular weight excluding hydrogens is 454 g/mol. The van der Waals surface area contributed by atoms with E-state index in [0.717, 1.165) is 37.8 Å². The van der Waals surface area contributed by atoms with Crippen molar-refractivity contribution in [2.24, 2.45) is 11.8 Å². The van der Waals surface area contributed by atoms with Gasteiger partial charge in [-0.25, -0.2) is 0 Å². The van der Waals surface area contributed by atoms with E-state index in [1.54, 1.807) is 37.9 Å². The fourth-order valence-electron chi connectivity index (χ4n) is 4.71. The summed E-state index contributed by atoms with van der Waals surface area (Å²) in [6.45, 7) is 11.5. The summed E-state index contributed by atoms with van der Waals surface area (Å²) in [7, 11) is -4.61. The van der Waals surface area contributed by atoms with Crippen LogP contribution in [0.25, 0.3) is 0 Å². The maximum Gasteiger partial charge on any atom is 0.376 e. The Morgan fingerprint density at radius 2 is 1.38 bits per heavy atom. The van der Waals surface area contributed by atoms with E-state index < -0.39 is 17.2 Å². The Labute approximate surface area is 206 Å². The zero-order valence-corrected chi connectivity index (χ0v) is 22.1. The number of rotatable bonds is 7. The molecule has 0 radical (unpaired) electrons. The van der Waals surface area contributed by atoms with Crippen LogP contribution in [0.3, 0.4) is 0 Å². The van der Waals surface area contributed by atoms with Gasteiger partial charge in [0.05, 0.1) is 11.5 Å². The van der Waals surface area contributed by atoms with Crippen molar-refractivity contribution < 1.29 is 27.8 Å². The van der Waals surface area contributed by atoms with Crippen LogP contribution in [0.1, 0.15) is 45.1 Å². The lowest BCUT2D eigenvalue weighted by Gasteiger charge is -2.38. The molecule has 3 rings (SSSR count). The number of aliphatic hydroxyl groups excluding tert-OH is 1. The topological polar surface area (TPSA) is 111 Å². The zero-order chi connectivity index (χ0) is 25.5. The monoisotopic (exact) mass is 496 g/mol. The Morgan fingerprint density at radius 3 is 1.85 bits per heavy atom. The fourth-order valence-corrected chi connectivity index (χ4v) is 5.69. The lowest BCUT2D eigenvalue weighted by molar-refractivity contribution is 0.127. The lowest BCUT2D eigenvalue weighted by Crippen LogP contribution is -2.50. The summed E-state index contributed by atoms with van der Waals surface area (Å²) in [6, 6.07) is 7.41. The smallest absolute Gasteiger partial charge is 0.376 e. The highest BCUT2D eigenvalue weighted by Gasteiger charge is 2.31. The number of piperidine rings is 2. The first kappa shape index (κ1) is 29.3. The predicted molar refractivity (Wildman–Crippen MR) is 137 cm³/mol. The second-order valence-electron chi connectivity index (χ2n) is 9.98. The minimum absolute atomic E-state index is 0.117. The first-order valence-corrected chi connectivity index (χ1v) is 13.8. The molecule has 1 aromatic carbocycles. The predicted octanol–water partition coefficient (Wildman–Crippen LogP) is 2.10. The molecule has 4 atom stereocenters. The molecule has 0 aliphatic carbocycles. The van der Waals surface area contributed by atoms with E-state index in [1.807, 2.05) is 16.5 Å². The van der Waals surface area contributed by atoms with Crippen LogP contribution in [-0.4, -0.2) is 85.7 Å². The standard InChI is InChI=1S/C15H24BNO4S.C8H18BNO2/c1-12-4-8-15(9-5-12)22(19,20)21-11-14-7-6-13(2)17(10-14)16(3)18;1-7-3-4-8(6-11)5-10(7)9(2)12/h4-5,8-9,13-14,18H,6-7,10-11H2,1-3H3;7-8,11-12H,3-6H2,1-2H3. The van der Waals surface area contributed by atoms with Crippen LogP contribution in [0.5, 0.6) is 0 Å². The molecule has 8 nitrogen and oxygen atoms in total. The van der Waals surface area contributed by atoms with Crippen LogP contribution < -0.4 is 0 Å². The number of aliphatic hydroxyl groups is 1. The van der Waals surface area contributed by atoms with Crippen molar-refractivity contribution >= 4 is 24.2 Å². The van der Waals surface area contributed by atoms with E-state index in [-0.39, 0.29) is 31.1 Å². The molecule has 0 amide bonds. The normalized spacial score (nSPS) is 26.5. The highest BCUT2D eigenvalue weighted by Crippen LogP contribution is 2.24. The van der Waals surface area contributed by atoms with Crippen LogP contribution in [-0.2, 0) is 14.3 Å². The van der Waals surface area contributed by atoms with Crippen molar-refractivity contribution in [2.75, 3.05) is 26.3 Å². The van der Waals surface area contributed by atoms with E-state index in [0.29, 0.717) is 24.5 Å². The molecule has 0 spiro atoms. The number of hydrogen-bond acceptors (Lipinski definition) is 8. The van der Waals surface area contributed by atoms with E-state index in [4.69, 9.17) is 9.29 Å². The summed E-state index contributed by atoms with van der Waals surface area (Å²) in [5, 5.41) is 28.1. The Hall–Kier alpha value is -0.940. The van der Waals surface area contributed by atoms with Crippen molar-refractivity contribution in [3.05, 3.63) is 29.8 Å². The maximum absolute atomic E-state index is 12.2. The second-order valence-corrected chi connectivity index (χ2v) is 11.6. The first-order valence-electron chi connectivity index (χ1n) is 12.4. The lowest BCUT2D eigenvalue weighted by atomic mass is 9.78. The summed E-state index contributed by atoms with van der Waals surface area (Å²) in [5.41, 5.74) is 1.01. The Balaban J connectivity index is 0.000000287. The minimum atomic E-state index is -3.71. The van der Waals surface area contributed by atoms with Gasteiger partial charge in [-0.2, -0.15) is 8.42 Å². The summed E-state index contributed by atoms with van der Waals surface area (Å²) in [5.74, 6) is 0.474. The number of aryl methyl sites for hydroxylation is 1. The van der Waals surface area contributed by atoms with Gasteiger partial charge in [0, 0.05) is 6.61 Å². The van der Waals surface area contributed by atoms with Crippen molar-refractivity contribution in [1.82, 2.24) is 9.62 Å². The number of nitrogens with zero attached hydrogens (tertiary/aromatic N) is 2. The molecule has 192 valence electrons. The quantitative estimate of drug-likeness (QED) is 0.389. The Kier molecular flexibility index (Phi) is 11.5. The molecular formula is C23H42B2N2O6S. The van der Waals surface area contributed by atoms with Gasteiger partial charge >= 0.3 is 14.1 Å². The third kappa shape index (κ3) is 8.62. The van der Waals surface area contributed by atoms with Crippen LogP contribution in [0, 0.1) is 18.8 Å². The van der Waals surface area contributed by atoms with Crippen LogP contribution >= 0.6 is 0 Å². The molecule has 2 aliphatic rings. The largest absolute Gasteiger partial charge is 0.437 e. The molecule has 3 N–H and O–H groups in total. The minimum Gasteiger partial charge on any atom is -0.437 e. The second kappa shape index (κ2) is 13.4. The average molecular weight is 496 g/mol. The van der Waals surface area contributed by atoms with Gasteiger partial charge in [-0.15, -0.1) is 0 Å². The summed E-state index contributed by atoms with van der Waals surface area (Å²) >= 11 is 0. The van der Waals surface area contributed by atoms with Crippen LogP contribution in [0.4, 0.5) is 0 Å². The molecule has 2 saturated heterocycles. The molecule has 1 aromatic rings. The van der Waals surface area contributed by atoms with E-state index in [1.165, 1.54) is 0 Å². The van der Waals surface area contributed by atoms with Gasteiger partial charge in [0.25, 0.3) is 10.1 Å². The van der Waals surface area contributed by atoms with Gasteiger partial charge in [0.15, 0.2) is 0 Å². The van der Waals surface area contributed by atoms with Gasteiger partial charge < -0.3 is 24.8 Å².